The Hall–Kier alpha value is -0.263. The first-order chi connectivity index (χ1) is 8.64. The Morgan fingerprint density at radius 2 is 1.79 bits per heavy atom. The first-order valence-electron chi connectivity index (χ1n) is 7.78. The predicted molar refractivity (Wildman–Crippen MR) is 88.8 cm³/mol. The van der Waals surface area contributed by atoms with Crippen LogP contribution in [0.3, 0.4) is 0 Å². The summed E-state index contributed by atoms with van der Waals surface area (Å²) in [5.41, 5.74) is 0. The molecule has 0 unspecified atom stereocenters. The average molecular weight is 283 g/mol. The van der Waals surface area contributed by atoms with Crippen LogP contribution in [0.25, 0.3) is 0 Å². The van der Waals surface area contributed by atoms with E-state index >= 15 is 0 Å². The van der Waals surface area contributed by atoms with Gasteiger partial charge in [0.15, 0.2) is 8.32 Å². The van der Waals surface area contributed by atoms with Gasteiger partial charge in [-0.15, -0.1) is 6.42 Å². The maximum Gasteiger partial charge on any atom is 0.193 e. The molecule has 0 saturated carbocycles. The lowest BCUT2D eigenvalue weighted by Gasteiger charge is -2.38. The summed E-state index contributed by atoms with van der Waals surface area (Å²) in [6, 6.07) is 0. The van der Waals surface area contributed by atoms with Crippen LogP contribution in [0, 0.1) is 18.3 Å². The maximum atomic E-state index is 6.33. The number of unbranched alkanes of at least 4 members (excludes halogenated alkanes) is 2. The van der Waals surface area contributed by atoms with E-state index in [1.807, 2.05) is 0 Å². The molecule has 0 aromatic carbocycles. The van der Waals surface area contributed by atoms with Gasteiger partial charge in [0.2, 0.25) is 0 Å². The summed E-state index contributed by atoms with van der Waals surface area (Å²) >= 11 is 0. The Morgan fingerprint density at radius 3 is 2.21 bits per heavy atom. The van der Waals surface area contributed by atoms with Crippen molar-refractivity contribution in [2.24, 2.45) is 5.92 Å². The van der Waals surface area contributed by atoms with Crippen molar-refractivity contribution in [3.8, 4) is 12.3 Å². The van der Waals surface area contributed by atoms with Gasteiger partial charge in [0.25, 0.3) is 0 Å². The quantitative estimate of drug-likeness (QED) is 0.319. The molecule has 0 spiro atoms. The fourth-order valence-electron chi connectivity index (χ4n) is 1.91. The molecule has 1 nitrogen and oxygen atoms in total. The van der Waals surface area contributed by atoms with Crippen LogP contribution in [0.5, 0.6) is 0 Å². The van der Waals surface area contributed by atoms with Gasteiger partial charge >= 0.3 is 0 Å². The smallest absolute Gasteiger partial charge is 0.193 e. The van der Waals surface area contributed by atoms with Crippen LogP contribution >= 0.6 is 0 Å². The number of hydrogen-bond acceptors (Lipinski definition) is 1. The summed E-state index contributed by atoms with van der Waals surface area (Å²) in [6.07, 6.45) is 11.9. The van der Waals surface area contributed by atoms with E-state index in [4.69, 9.17) is 10.8 Å². The summed E-state index contributed by atoms with van der Waals surface area (Å²) in [7, 11) is -1.74. The Morgan fingerprint density at radius 1 is 1.21 bits per heavy atom. The Bertz CT molecular complexity index is 283. The largest absolute Gasteiger partial charge is 0.403 e. The molecule has 0 N–H and O–H groups in total. The molecule has 0 bridgehead atoms. The molecule has 2 heteroatoms. The van der Waals surface area contributed by atoms with Crippen LogP contribution in [0.15, 0.2) is 0 Å². The molecule has 0 aliphatic carbocycles. The number of hydrogen-bond donors (Lipinski definition) is 0. The van der Waals surface area contributed by atoms with Crippen molar-refractivity contribution in [3.05, 3.63) is 0 Å². The van der Waals surface area contributed by atoms with Gasteiger partial charge in [-0.25, -0.2) is 0 Å². The molecule has 2 atom stereocenters. The highest BCUT2D eigenvalue weighted by atomic mass is 28.4. The first kappa shape index (κ1) is 18.7. The van der Waals surface area contributed by atoms with E-state index in [0.29, 0.717) is 5.92 Å². The monoisotopic (exact) mass is 282 g/mol. The van der Waals surface area contributed by atoms with Gasteiger partial charge in [-0.2, -0.15) is 0 Å². The normalized spacial score (nSPS) is 15.9. The molecule has 0 aliphatic rings. The Balaban J connectivity index is 4.33. The SMILES string of the molecule is C#C[C@H](C[C@@H](C)CCCCC)O[Si](C)(C)C(C)(C)C. The molecule has 0 aliphatic heterocycles. The van der Waals surface area contributed by atoms with Gasteiger partial charge in [-0.3, -0.25) is 0 Å². The molecular weight excluding hydrogens is 248 g/mol. The molecule has 0 fully saturated rings. The predicted octanol–water partition coefficient (Wildman–Crippen LogP) is 5.62. The standard InChI is InChI=1S/C17H34OSi/c1-9-11-12-13-15(3)14-16(10-2)18-19(7,8)17(4,5)6/h2,15-16H,9,11-14H2,1,3-8H3/t15-,16+/m0/s1. The van der Waals surface area contributed by atoms with E-state index in [0.717, 1.165) is 6.42 Å². The van der Waals surface area contributed by atoms with Crippen molar-refractivity contribution in [2.45, 2.75) is 91.0 Å². The summed E-state index contributed by atoms with van der Waals surface area (Å²) in [4.78, 5) is 0. The zero-order valence-electron chi connectivity index (χ0n) is 14.2. The van der Waals surface area contributed by atoms with E-state index in [9.17, 15) is 0 Å². The van der Waals surface area contributed by atoms with Crippen LogP contribution in [-0.2, 0) is 4.43 Å². The van der Waals surface area contributed by atoms with E-state index in [1.165, 1.54) is 25.7 Å². The van der Waals surface area contributed by atoms with E-state index in [1.54, 1.807) is 0 Å². The average Bonchev–Trinajstić information content (AvgIpc) is 2.26. The second kappa shape index (κ2) is 8.12. The minimum absolute atomic E-state index is 0.00230. The van der Waals surface area contributed by atoms with Gasteiger partial charge in [0.1, 0.15) is 6.10 Å². The fraction of sp³-hybridized carbons (Fsp3) is 0.882. The Kier molecular flexibility index (Phi) is 8.01. The zero-order valence-corrected chi connectivity index (χ0v) is 15.2. The van der Waals surface area contributed by atoms with E-state index in [-0.39, 0.29) is 11.1 Å². The summed E-state index contributed by atoms with van der Waals surface area (Å²) in [5, 5.41) is 0.230. The zero-order chi connectivity index (χ0) is 15.1. The molecule has 0 radical (unpaired) electrons. The van der Waals surface area contributed by atoms with Crippen molar-refractivity contribution < 1.29 is 4.43 Å². The van der Waals surface area contributed by atoms with Crippen LogP contribution in [0.2, 0.25) is 18.1 Å². The molecule has 19 heavy (non-hydrogen) atoms. The first-order valence-corrected chi connectivity index (χ1v) is 10.7. The lowest BCUT2D eigenvalue weighted by molar-refractivity contribution is 0.199. The van der Waals surface area contributed by atoms with Crippen LogP contribution < -0.4 is 0 Å². The van der Waals surface area contributed by atoms with Crippen molar-refractivity contribution in [1.82, 2.24) is 0 Å². The molecule has 0 heterocycles. The number of terminal acetylenes is 1. The van der Waals surface area contributed by atoms with Crippen molar-refractivity contribution >= 4 is 8.32 Å². The highest BCUT2D eigenvalue weighted by molar-refractivity contribution is 6.74. The lowest BCUT2D eigenvalue weighted by Crippen LogP contribution is -2.44. The second-order valence-corrected chi connectivity index (χ2v) is 12.1. The molecule has 112 valence electrons. The third-order valence-corrected chi connectivity index (χ3v) is 8.83. The minimum Gasteiger partial charge on any atom is -0.403 e. The summed E-state index contributed by atoms with van der Waals surface area (Å²) < 4.78 is 6.33. The minimum atomic E-state index is -1.74. The highest BCUT2D eigenvalue weighted by Crippen LogP contribution is 2.38. The van der Waals surface area contributed by atoms with Crippen molar-refractivity contribution in [2.75, 3.05) is 0 Å². The molecule has 0 aromatic rings. The molecule has 0 aromatic heterocycles. The highest BCUT2D eigenvalue weighted by Gasteiger charge is 2.39. The van der Waals surface area contributed by atoms with E-state index < -0.39 is 8.32 Å². The summed E-state index contributed by atoms with van der Waals surface area (Å²) in [6.45, 7) is 15.9. The topological polar surface area (TPSA) is 9.23 Å². The molecular formula is C17H34OSi. The van der Waals surface area contributed by atoms with Crippen molar-refractivity contribution in [1.29, 1.82) is 0 Å². The molecule has 0 saturated heterocycles. The second-order valence-electron chi connectivity index (χ2n) is 7.37. The van der Waals surface area contributed by atoms with Crippen LogP contribution in [-0.4, -0.2) is 14.4 Å². The van der Waals surface area contributed by atoms with Gasteiger partial charge in [-0.05, 0) is 30.5 Å². The van der Waals surface area contributed by atoms with Gasteiger partial charge < -0.3 is 4.43 Å². The third-order valence-electron chi connectivity index (χ3n) is 4.35. The maximum absolute atomic E-state index is 6.33. The van der Waals surface area contributed by atoms with E-state index in [2.05, 4.69) is 53.6 Å². The fourth-order valence-corrected chi connectivity index (χ4v) is 3.14. The molecule has 0 rings (SSSR count). The molecule has 0 amide bonds. The number of rotatable bonds is 8. The third kappa shape index (κ3) is 7.18. The van der Waals surface area contributed by atoms with Gasteiger partial charge in [-0.1, -0.05) is 66.2 Å². The van der Waals surface area contributed by atoms with Crippen LogP contribution in [0.1, 0.15) is 66.7 Å². The van der Waals surface area contributed by atoms with Gasteiger partial charge in [0.05, 0.1) is 0 Å². The Labute approximate surface area is 122 Å². The van der Waals surface area contributed by atoms with Crippen molar-refractivity contribution in [3.63, 3.8) is 0 Å². The van der Waals surface area contributed by atoms with Gasteiger partial charge in [0, 0.05) is 0 Å². The lowest BCUT2D eigenvalue weighted by atomic mass is 9.97. The van der Waals surface area contributed by atoms with Crippen LogP contribution in [0.4, 0.5) is 0 Å². The summed E-state index contributed by atoms with van der Waals surface area (Å²) in [5.74, 6) is 3.53.